The molecular formula is C16H18ClF3N2O. The molecule has 1 atom stereocenters. The molecule has 23 heavy (non-hydrogen) atoms. The summed E-state index contributed by atoms with van der Waals surface area (Å²) in [5.74, 6) is 0.233. The second-order valence-corrected chi connectivity index (χ2v) is 5.97. The lowest BCUT2D eigenvalue weighted by atomic mass is 10.1. The van der Waals surface area contributed by atoms with Crippen LogP contribution in [0.1, 0.15) is 17.5 Å². The van der Waals surface area contributed by atoms with Gasteiger partial charge in [0.15, 0.2) is 0 Å². The van der Waals surface area contributed by atoms with Gasteiger partial charge in [-0.15, -0.1) is 0 Å². The minimum absolute atomic E-state index is 0.188. The van der Waals surface area contributed by atoms with Gasteiger partial charge in [-0.1, -0.05) is 17.7 Å². The predicted octanol–water partition coefficient (Wildman–Crippen LogP) is 3.44. The molecule has 3 nitrogen and oxygen atoms in total. The van der Waals surface area contributed by atoms with Gasteiger partial charge in [-0.3, -0.25) is 4.79 Å². The van der Waals surface area contributed by atoms with Gasteiger partial charge in [0.25, 0.3) is 0 Å². The third kappa shape index (κ3) is 4.72. The van der Waals surface area contributed by atoms with Crippen molar-refractivity contribution in [3.8, 4) is 0 Å². The fourth-order valence-electron chi connectivity index (χ4n) is 2.62. The molecule has 7 heteroatoms. The maximum atomic E-state index is 12.8. The number of carbonyl (C=O) groups excluding carboxylic acids is 1. The Morgan fingerprint density at radius 3 is 2.87 bits per heavy atom. The third-order valence-corrected chi connectivity index (χ3v) is 4.13. The summed E-state index contributed by atoms with van der Waals surface area (Å²) in [5, 5.41) is 2.73. The molecular weight excluding hydrogens is 329 g/mol. The van der Waals surface area contributed by atoms with Crippen molar-refractivity contribution in [3.63, 3.8) is 0 Å². The number of rotatable bonds is 4. The topological polar surface area (TPSA) is 32.3 Å². The molecule has 0 aromatic heterocycles. The van der Waals surface area contributed by atoms with E-state index in [-0.39, 0.29) is 10.9 Å². The van der Waals surface area contributed by atoms with E-state index in [2.05, 4.69) is 5.32 Å². The number of alkyl halides is 3. The Bertz CT molecular complexity index is 601. The number of benzene rings is 1. The Hall–Kier alpha value is -1.53. The first-order valence-electron chi connectivity index (χ1n) is 7.29. The van der Waals surface area contributed by atoms with Gasteiger partial charge in [-0.05, 0) is 49.7 Å². The molecule has 0 aliphatic carbocycles. The molecule has 1 saturated heterocycles. The second kappa shape index (κ2) is 7.36. The van der Waals surface area contributed by atoms with Crippen molar-refractivity contribution in [2.24, 2.45) is 5.92 Å². The smallest absolute Gasteiger partial charge is 0.339 e. The van der Waals surface area contributed by atoms with Gasteiger partial charge in [-0.2, -0.15) is 13.2 Å². The van der Waals surface area contributed by atoms with E-state index in [4.69, 9.17) is 11.6 Å². The predicted molar refractivity (Wildman–Crippen MR) is 84.1 cm³/mol. The zero-order valence-corrected chi connectivity index (χ0v) is 13.4. The van der Waals surface area contributed by atoms with E-state index in [0.717, 1.165) is 19.0 Å². The number of carbonyl (C=O) groups is 1. The molecule has 0 spiro atoms. The average molecular weight is 347 g/mol. The molecule has 0 bridgehead atoms. The van der Waals surface area contributed by atoms with Crippen molar-refractivity contribution >= 4 is 23.6 Å². The Labute approximate surface area is 138 Å². The van der Waals surface area contributed by atoms with Crippen LogP contribution in [0.5, 0.6) is 0 Å². The molecule has 1 amide bonds. The molecule has 1 unspecified atom stereocenters. The lowest BCUT2D eigenvalue weighted by Crippen LogP contribution is -2.28. The summed E-state index contributed by atoms with van der Waals surface area (Å²) >= 11 is 5.57. The molecule has 1 aliphatic heterocycles. The highest BCUT2D eigenvalue weighted by Crippen LogP contribution is 2.35. The summed E-state index contributed by atoms with van der Waals surface area (Å²) in [6.45, 7) is 2.18. The molecule has 0 saturated carbocycles. The Balaban J connectivity index is 2.04. The highest BCUT2D eigenvalue weighted by molar-refractivity contribution is 6.31. The van der Waals surface area contributed by atoms with E-state index >= 15 is 0 Å². The quantitative estimate of drug-likeness (QED) is 0.847. The molecule has 126 valence electrons. The number of likely N-dealkylation sites (tertiary alicyclic amines) is 1. The van der Waals surface area contributed by atoms with Crippen LogP contribution in [0, 0.1) is 5.92 Å². The van der Waals surface area contributed by atoms with Gasteiger partial charge in [0.05, 0.1) is 10.6 Å². The van der Waals surface area contributed by atoms with Crippen LogP contribution in [0.25, 0.3) is 6.08 Å². The molecule has 1 aromatic rings. The van der Waals surface area contributed by atoms with E-state index in [0.29, 0.717) is 24.6 Å². The number of hydrogen-bond acceptors (Lipinski definition) is 2. The summed E-state index contributed by atoms with van der Waals surface area (Å²) in [7, 11) is 1.86. The molecule has 1 aromatic carbocycles. The highest BCUT2D eigenvalue weighted by atomic mass is 35.5. The average Bonchev–Trinajstić information content (AvgIpc) is 2.94. The molecule has 2 rings (SSSR count). The zero-order valence-electron chi connectivity index (χ0n) is 12.7. The van der Waals surface area contributed by atoms with E-state index < -0.39 is 11.7 Å². The van der Waals surface area contributed by atoms with Gasteiger partial charge >= 0.3 is 6.18 Å². The zero-order chi connectivity index (χ0) is 17.0. The van der Waals surface area contributed by atoms with Crippen LogP contribution in [0.4, 0.5) is 13.2 Å². The summed E-state index contributed by atoms with van der Waals surface area (Å²) in [5.41, 5.74) is -0.606. The SMILES string of the molecule is CNCC1CCN(C(=O)/C=C/c2ccc(Cl)c(C(F)(F)F)c2)C1. The van der Waals surface area contributed by atoms with E-state index in [1.54, 1.807) is 4.90 Å². The molecule has 1 heterocycles. The number of halogens is 4. The highest BCUT2D eigenvalue weighted by Gasteiger charge is 2.33. The van der Waals surface area contributed by atoms with Crippen molar-refractivity contribution in [1.82, 2.24) is 10.2 Å². The van der Waals surface area contributed by atoms with Crippen LogP contribution < -0.4 is 5.32 Å². The van der Waals surface area contributed by atoms with Crippen molar-refractivity contribution in [2.75, 3.05) is 26.7 Å². The summed E-state index contributed by atoms with van der Waals surface area (Å²) in [6, 6.07) is 3.59. The van der Waals surface area contributed by atoms with Crippen LogP contribution in [-0.4, -0.2) is 37.5 Å². The lowest BCUT2D eigenvalue weighted by molar-refractivity contribution is -0.137. The maximum Gasteiger partial charge on any atom is 0.417 e. The largest absolute Gasteiger partial charge is 0.417 e. The first-order valence-corrected chi connectivity index (χ1v) is 7.67. The van der Waals surface area contributed by atoms with Crippen LogP contribution in [0.3, 0.4) is 0 Å². The number of amides is 1. The van der Waals surface area contributed by atoms with Crippen LogP contribution in [0.2, 0.25) is 5.02 Å². The Kier molecular flexibility index (Phi) is 5.70. The van der Waals surface area contributed by atoms with Crippen molar-refractivity contribution in [1.29, 1.82) is 0 Å². The van der Waals surface area contributed by atoms with Gasteiger partial charge in [0, 0.05) is 19.2 Å². The number of nitrogens with one attached hydrogen (secondary N) is 1. The fraction of sp³-hybridized carbons (Fsp3) is 0.438. The van der Waals surface area contributed by atoms with Crippen molar-refractivity contribution in [3.05, 3.63) is 40.4 Å². The van der Waals surface area contributed by atoms with E-state index in [9.17, 15) is 18.0 Å². The fourth-order valence-corrected chi connectivity index (χ4v) is 2.85. The van der Waals surface area contributed by atoms with Crippen LogP contribution in [0.15, 0.2) is 24.3 Å². The molecule has 1 aliphatic rings. The Morgan fingerprint density at radius 2 is 2.22 bits per heavy atom. The van der Waals surface area contributed by atoms with Gasteiger partial charge in [0.2, 0.25) is 5.91 Å². The minimum Gasteiger partial charge on any atom is -0.339 e. The summed E-state index contributed by atoms with van der Waals surface area (Å²) in [4.78, 5) is 13.8. The van der Waals surface area contributed by atoms with Gasteiger partial charge in [-0.25, -0.2) is 0 Å². The first-order chi connectivity index (χ1) is 10.8. The number of nitrogens with zero attached hydrogens (tertiary/aromatic N) is 1. The van der Waals surface area contributed by atoms with Crippen molar-refractivity contribution < 1.29 is 18.0 Å². The second-order valence-electron chi connectivity index (χ2n) is 5.57. The van der Waals surface area contributed by atoms with Crippen LogP contribution >= 0.6 is 11.6 Å². The van der Waals surface area contributed by atoms with E-state index in [1.165, 1.54) is 24.3 Å². The third-order valence-electron chi connectivity index (χ3n) is 3.80. The number of hydrogen-bond donors (Lipinski definition) is 1. The van der Waals surface area contributed by atoms with Gasteiger partial charge < -0.3 is 10.2 Å². The van der Waals surface area contributed by atoms with Crippen molar-refractivity contribution in [2.45, 2.75) is 12.6 Å². The summed E-state index contributed by atoms with van der Waals surface area (Å²) < 4.78 is 38.4. The normalized spacial score (nSPS) is 18.8. The summed E-state index contributed by atoms with van der Waals surface area (Å²) in [6.07, 6.45) is -0.885. The monoisotopic (exact) mass is 346 g/mol. The standard InChI is InChI=1S/C16H18ClF3N2O/c1-21-9-12-6-7-22(10-12)15(23)5-3-11-2-4-14(17)13(8-11)16(18,19)20/h2-5,8,12,21H,6-7,9-10H2,1H3/b5-3+. The lowest BCUT2D eigenvalue weighted by Gasteiger charge is -2.14. The molecule has 0 radical (unpaired) electrons. The first kappa shape index (κ1) is 17.8. The minimum atomic E-state index is -4.51. The van der Waals surface area contributed by atoms with E-state index in [1.807, 2.05) is 7.05 Å². The Morgan fingerprint density at radius 1 is 1.48 bits per heavy atom. The van der Waals surface area contributed by atoms with Crippen LogP contribution in [-0.2, 0) is 11.0 Å². The maximum absolute atomic E-state index is 12.8. The van der Waals surface area contributed by atoms with Gasteiger partial charge in [0.1, 0.15) is 0 Å². The molecule has 1 N–H and O–H groups in total. The molecule has 1 fully saturated rings.